The molecular formula is C14H9NO2Se. The van der Waals surface area contributed by atoms with E-state index in [0.717, 1.165) is 16.2 Å². The Bertz CT molecular complexity index is 771. The van der Waals surface area contributed by atoms with E-state index in [1.54, 1.807) is 21.8 Å². The number of carbonyl (C=O) groups is 1. The number of rotatable bonds is 2. The molecule has 0 bridgehead atoms. The summed E-state index contributed by atoms with van der Waals surface area (Å²) >= 11 is -0.161. The SMILES string of the molecule is O=Cc1cccc2c(=O)n(-c3ccccc3)[se]c12. The quantitative estimate of drug-likeness (QED) is 0.535. The van der Waals surface area contributed by atoms with Crippen LogP contribution in [0.5, 0.6) is 0 Å². The molecule has 0 fully saturated rings. The molecule has 0 spiro atoms. The number of aromatic nitrogens is 1. The van der Waals surface area contributed by atoms with Crippen LogP contribution in [0.15, 0.2) is 53.3 Å². The Kier molecular flexibility index (Phi) is 2.74. The Morgan fingerprint density at radius 3 is 2.50 bits per heavy atom. The van der Waals surface area contributed by atoms with E-state index >= 15 is 0 Å². The van der Waals surface area contributed by atoms with Crippen molar-refractivity contribution in [3.8, 4) is 5.69 Å². The van der Waals surface area contributed by atoms with Gasteiger partial charge in [-0.1, -0.05) is 0 Å². The first-order chi connectivity index (χ1) is 8.81. The van der Waals surface area contributed by atoms with Gasteiger partial charge in [0.05, 0.1) is 0 Å². The standard InChI is InChI=1S/C14H9NO2Se/c16-9-10-5-4-8-12-13(10)18-15(14(12)17)11-6-2-1-3-7-11/h1-9H. The van der Waals surface area contributed by atoms with Crippen molar-refractivity contribution in [2.75, 3.05) is 0 Å². The molecule has 0 radical (unpaired) electrons. The monoisotopic (exact) mass is 303 g/mol. The van der Waals surface area contributed by atoms with Gasteiger partial charge in [-0.05, 0) is 0 Å². The first-order valence-electron chi connectivity index (χ1n) is 5.47. The van der Waals surface area contributed by atoms with Gasteiger partial charge in [-0.2, -0.15) is 0 Å². The zero-order chi connectivity index (χ0) is 12.5. The molecule has 2 aromatic carbocycles. The average Bonchev–Trinajstić information content (AvgIpc) is 2.77. The normalized spacial score (nSPS) is 10.7. The molecule has 3 aromatic rings. The van der Waals surface area contributed by atoms with Crippen LogP contribution in [-0.4, -0.2) is 24.6 Å². The number of fused-ring (bicyclic) bond motifs is 1. The van der Waals surface area contributed by atoms with E-state index < -0.39 is 0 Å². The van der Waals surface area contributed by atoms with Crippen molar-refractivity contribution in [1.82, 2.24) is 3.56 Å². The summed E-state index contributed by atoms with van der Waals surface area (Å²) in [7, 11) is 0. The van der Waals surface area contributed by atoms with Gasteiger partial charge in [-0.3, -0.25) is 0 Å². The van der Waals surface area contributed by atoms with Gasteiger partial charge in [-0.15, -0.1) is 0 Å². The predicted molar refractivity (Wildman–Crippen MR) is 71.9 cm³/mol. The van der Waals surface area contributed by atoms with Gasteiger partial charge < -0.3 is 0 Å². The van der Waals surface area contributed by atoms with Crippen LogP contribution in [0.1, 0.15) is 10.4 Å². The number of benzene rings is 2. The van der Waals surface area contributed by atoms with Crippen molar-refractivity contribution in [2.45, 2.75) is 0 Å². The maximum atomic E-state index is 12.3. The molecule has 3 nitrogen and oxygen atoms in total. The molecule has 0 unspecified atom stereocenters. The van der Waals surface area contributed by atoms with E-state index in [-0.39, 0.29) is 20.3 Å². The van der Waals surface area contributed by atoms with Crippen LogP contribution in [-0.2, 0) is 0 Å². The molecular weight excluding hydrogens is 293 g/mol. The van der Waals surface area contributed by atoms with Gasteiger partial charge in [-0.25, -0.2) is 0 Å². The Morgan fingerprint density at radius 2 is 1.78 bits per heavy atom. The number of aldehydes is 1. The number of para-hydroxylation sites is 1. The molecule has 4 heteroatoms. The molecule has 0 aliphatic heterocycles. The first-order valence-corrected chi connectivity index (χ1v) is 7.09. The number of nitrogens with zero attached hydrogens (tertiary/aromatic N) is 1. The van der Waals surface area contributed by atoms with Crippen molar-refractivity contribution in [3.05, 3.63) is 64.4 Å². The van der Waals surface area contributed by atoms with Crippen molar-refractivity contribution in [1.29, 1.82) is 0 Å². The molecule has 0 amide bonds. The molecule has 1 heterocycles. The fourth-order valence-electron chi connectivity index (χ4n) is 1.89. The number of hydrogen-bond acceptors (Lipinski definition) is 2. The fraction of sp³-hybridized carbons (Fsp3) is 0. The van der Waals surface area contributed by atoms with Crippen molar-refractivity contribution in [2.24, 2.45) is 0 Å². The summed E-state index contributed by atoms with van der Waals surface area (Å²) in [4.78, 5) is 23.3. The third-order valence-corrected chi connectivity index (χ3v) is 5.27. The van der Waals surface area contributed by atoms with Gasteiger partial charge in [0.15, 0.2) is 0 Å². The van der Waals surface area contributed by atoms with E-state index in [0.29, 0.717) is 10.9 Å². The van der Waals surface area contributed by atoms with Gasteiger partial charge in [0, 0.05) is 0 Å². The zero-order valence-corrected chi connectivity index (χ0v) is 11.1. The van der Waals surface area contributed by atoms with E-state index in [1.807, 2.05) is 30.3 Å². The van der Waals surface area contributed by atoms with Crippen LogP contribution < -0.4 is 5.56 Å². The first kappa shape index (κ1) is 11.2. The Morgan fingerprint density at radius 1 is 1.00 bits per heavy atom. The second kappa shape index (κ2) is 4.41. The molecule has 0 aliphatic rings. The van der Waals surface area contributed by atoms with Gasteiger partial charge in [0.25, 0.3) is 0 Å². The van der Waals surface area contributed by atoms with Gasteiger partial charge >= 0.3 is 109 Å². The number of hydrogen-bond donors (Lipinski definition) is 0. The summed E-state index contributed by atoms with van der Waals surface area (Å²) in [6.07, 6.45) is 0.822. The Labute approximate surface area is 109 Å². The summed E-state index contributed by atoms with van der Waals surface area (Å²) in [5, 5.41) is 0.656. The number of carbonyl (C=O) groups excluding carboxylic acids is 1. The molecule has 1 aromatic heterocycles. The summed E-state index contributed by atoms with van der Waals surface area (Å²) in [6.45, 7) is 0. The van der Waals surface area contributed by atoms with Gasteiger partial charge in [0.1, 0.15) is 0 Å². The van der Waals surface area contributed by atoms with E-state index in [9.17, 15) is 9.59 Å². The van der Waals surface area contributed by atoms with Crippen molar-refractivity contribution >= 4 is 30.7 Å². The molecule has 0 aliphatic carbocycles. The molecule has 88 valence electrons. The average molecular weight is 302 g/mol. The van der Waals surface area contributed by atoms with Crippen LogP contribution in [0, 0.1) is 0 Å². The van der Waals surface area contributed by atoms with Crippen molar-refractivity contribution < 1.29 is 4.79 Å². The molecule has 18 heavy (non-hydrogen) atoms. The van der Waals surface area contributed by atoms with E-state index in [1.165, 1.54) is 0 Å². The summed E-state index contributed by atoms with van der Waals surface area (Å²) in [6, 6.07) is 14.8. The molecule has 0 saturated heterocycles. The van der Waals surface area contributed by atoms with Crippen LogP contribution in [0.4, 0.5) is 0 Å². The van der Waals surface area contributed by atoms with E-state index in [4.69, 9.17) is 0 Å². The van der Waals surface area contributed by atoms with Crippen LogP contribution >= 0.6 is 0 Å². The second-order valence-corrected chi connectivity index (χ2v) is 5.87. The molecule has 0 N–H and O–H groups in total. The Hall–Kier alpha value is -1.90. The zero-order valence-electron chi connectivity index (χ0n) is 9.37. The van der Waals surface area contributed by atoms with Crippen LogP contribution in [0.3, 0.4) is 0 Å². The maximum absolute atomic E-state index is 12.3. The van der Waals surface area contributed by atoms with E-state index in [2.05, 4.69) is 0 Å². The third kappa shape index (κ3) is 1.67. The summed E-state index contributed by atoms with van der Waals surface area (Å²) < 4.78 is 2.64. The Balaban J connectivity index is 2.37. The van der Waals surface area contributed by atoms with Crippen LogP contribution in [0.2, 0.25) is 0 Å². The van der Waals surface area contributed by atoms with Crippen LogP contribution in [0.25, 0.3) is 15.3 Å². The van der Waals surface area contributed by atoms with Gasteiger partial charge in [0.2, 0.25) is 0 Å². The fourth-order valence-corrected chi connectivity index (χ4v) is 4.13. The summed E-state index contributed by atoms with van der Waals surface area (Å²) in [5.41, 5.74) is 1.50. The topological polar surface area (TPSA) is 39.1 Å². The molecule has 0 atom stereocenters. The molecule has 0 saturated carbocycles. The minimum absolute atomic E-state index is 0.0140. The molecule has 3 rings (SSSR count). The summed E-state index contributed by atoms with van der Waals surface area (Å²) in [5.74, 6) is 0. The second-order valence-electron chi connectivity index (χ2n) is 3.87. The predicted octanol–water partition coefficient (Wildman–Crippen LogP) is 1.86. The third-order valence-electron chi connectivity index (χ3n) is 2.76. The van der Waals surface area contributed by atoms with Crippen molar-refractivity contribution in [3.63, 3.8) is 0 Å². The minimum atomic E-state index is -0.161.